The molecule has 0 aliphatic heterocycles. The Labute approximate surface area is 92.7 Å². The lowest BCUT2D eigenvalue weighted by atomic mass is 9.92. The van der Waals surface area contributed by atoms with E-state index in [2.05, 4.69) is 13.5 Å². The van der Waals surface area contributed by atoms with Crippen molar-refractivity contribution in [1.29, 1.82) is 0 Å². The van der Waals surface area contributed by atoms with Gasteiger partial charge in [-0.25, -0.2) is 0 Å². The van der Waals surface area contributed by atoms with Crippen molar-refractivity contribution < 1.29 is 9.53 Å². The van der Waals surface area contributed by atoms with E-state index in [-0.39, 0.29) is 11.6 Å². The van der Waals surface area contributed by atoms with Crippen LogP contribution in [0.5, 0.6) is 0 Å². The van der Waals surface area contributed by atoms with Gasteiger partial charge >= 0.3 is 5.97 Å². The summed E-state index contributed by atoms with van der Waals surface area (Å²) in [6, 6.07) is 0. The van der Waals surface area contributed by atoms with E-state index in [1.165, 1.54) is 12.8 Å². The Hall–Kier alpha value is -0.790. The zero-order valence-corrected chi connectivity index (χ0v) is 10.1. The molecule has 1 aliphatic rings. The Morgan fingerprint density at radius 3 is 2.40 bits per heavy atom. The average Bonchev–Trinajstić information content (AvgIpc) is 2.67. The van der Waals surface area contributed by atoms with Crippen molar-refractivity contribution in [2.24, 2.45) is 5.41 Å². The van der Waals surface area contributed by atoms with Crippen LogP contribution in [0.2, 0.25) is 0 Å². The molecular formula is C13H22O2. The Morgan fingerprint density at radius 2 is 2.00 bits per heavy atom. The fourth-order valence-corrected chi connectivity index (χ4v) is 1.96. The molecule has 0 amide bonds. The van der Waals surface area contributed by atoms with Gasteiger partial charge in [0.25, 0.3) is 0 Å². The smallest absolute Gasteiger partial charge is 0.315 e. The quantitative estimate of drug-likeness (QED) is 0.524. The SMILES string of the molecule is C=CC(C)(C)C(=O)OC1(CC)CCCC1. The molecule has 1 rings (SSSR count). The molecule has 0 aromatic rings. The second kappa shape index (κ2) is 4.38. The first kappa shape index (κ1) is 12.3. The van der Waals surface area contributed by atoms with Crippen LogP contribution in [-0.2, 0) is 9.53 Å². The van der Waals surface area contributed by atoms with Gasteiger partial charge in [-0.15, -0.1) is 6.58 Å². The summed E-state index contributed by atoms with van der Waals surface area (Å²) >= 11 is 0. The zero-order chi connectivity index (χ0) is 11.5. The van der Waals surface area contributed by atoms with Crippen LogP contribution in [0.3, 0.4) is 0 Å². The monoisotopic (exact) mass is 210 g/mol. The van der Waals surface area contributed by atoms with E-state index in [0.717, 1.165) is 19.3 Å². The standard InChI is InChI=1S/C13H22O2/c1-5-12(3,4)11(14)15-13(6-2)9-7-8-10-13/h5H,1,6-10H2,2-4H3. The normalized spacial score (nSPS) is 19.9. The lowest BCUT2D eigenvalue weighted by molar-refractivity contribution is -0.167. The summed E-state index contributed by atoms with van der Waals surface area (Å²) in [6.45, 7) is 9.47. The highest BCUT2D eigenvalue weighted by atomic mass is 16.6. The summed E-state index contributed by atoms with van der Waals surface area (Å²) in [5, 5.41) is 0. The Kier molecular flexibility index (Phi) is 3.58. The summed E-state index contributed by atoms with van der Waals surface area (Å²) in [6.07, 6.45) is 6.97. The molecule has 0 spiro atoms. The Bertz CT molecular complexity index is 247. The number of hydrogen-bond acceptors (Lipinski definition) is 2. The van der Waals surface area contributed by atoms with Crippen molar-refractivity contribution in [1.82, 2.24) is 0 Å². The lowest BCUT2D eigenvalue weighted by Gasteiger charge is -2.31. The zero-order valence-electron chi connectivity index (χ0n) is 10.1. The maximum Gasteiger partial charge on any atom is 0.315 e. The van der Waals surface area contributed by atoms with Crippen LogP contribution < -0.4 is 0 Å². The van der Waals surface area contributed by atoms with Gasteiger partial charge in [0, 0.05) is 0 Å². The van der Waals surface area contributed by atoms with Crippen LogP contribution in [0.4, 0.5) is 0 Å². The molecule has 0 saturated heterocycles. The van der Waals surface area contributed by atoms with Crippen molar-refractivity contribution in [2.75, 3.05) is 0 Å². The predicted molar refractivity (Wildman–Crippen MR) is 61.6 cm³/mol. The second-order valence-corrected chi connectivity index (χ2v) is 5.06. The van der Waals surface area contributed by atoms with Gasteiger partial charge in [0.05, 0.1) is 5.41 Å². The predicted octanol–water partition coefficient (Wildman–Crippen LogP) is 3.46. The molecule has 1 saturated carbocycles. The molecule has 0 bridgehead atoms. The molecule has 15 heavy (non-hydrogen) atoms. The number of carbonyl (C=O) groups excluding carboxylic acids is 1. The van der Waals surface area contributed by atoms with Crippen LogP contribution in [-0.4, -0.2) is 11.6 Å². The number of esters is 1. The average molecular weight is 210 g/mol. The minimum atomic E-state index is -0.565. The van der Waals surface area contributed by atoms with E-state index in [0.29, 0.717) is 0 Å². The summed E-state index contributed by atoms with van der Waals surface area (Å²) < 4.78 is 5.69. The van der Waals surface area contributed by atoms with E-state index in [4.69, 9.17) is 4.74 Å². The minimum absolute atomic E-state index is 0.138. The molecule has 1 aliphatic carbocycles. The van der Waals surface area contributed by atoms with Gasteiger partial charge in [0.1, 0.15) is 5.60 Å². The molecule has 0 aromatic heterocycles. The highest BCUT2D eigenvalue weighted by molar-refractivity contribution is 5.78. The fraction of sp³-hybridized carbons (Fsp3) is 0.769. The molecule has 86 valence electrons. The van der Waals surface area contributed by atoms with Crippen molar-refractivity contribution in [3.8, 4) is 0 Å². The van der Waals surface area contributed by atoms with E-state index < -0.39 is 5.41 Å². The molecule has 0 atom stereocenters. The molecular weight excluding hydrogens is 188 g/mol. The maximum absolute atomic E-state index is 11.9. The van der Waals surface area contributed by atoms with Crippen LogP contribution in [0.25, 0.3) is 0 Å². The maximum atomic E-state index is 11.9. The van der Waals surface area contributed by atoms with Gasteiger partial charge in [0.15, 0.2) is 0 Å². The minimum Gasteiger partial charge on any atom is -0.458 e. The van der Waals surface area contributed by atoms with E-state index in [1.54, 1.807) is 6.08 Å². The van der Waals surface area contributed by atoms with Crippen molar-refractivity contribution in [3.05, 3.63) is 12.7 Å². The number of ether oxygens (including phenoxy) is 1. The van der Waals surface area contributed by atoms with Crippen molar-refractivity contribution in [2.45, 2.75) is 58.5 Å². The van der Waals surface area contributed by atoms with Gasteiger partial charge in [-0.3, -0.25) is 4.79 Å². The third-order valence-electron chi connectivity index (χ3n) is 3.50. The highest BCUT2D eigenvalue weighted by Crippen LogP contribution is 2.37. The van der Waals surface area contributed by atoms with Gasteiger partial charge in [-0.2, -0.15) is 0 Å². The third kappa shape index (κ3) is 2.61. The molecule has 0 aromatic carbocycles. The van der Waals surface area contributed by atoms with Gasteiger partial charge in [-0.1, -0.05) is 13.0 Å². The highest BCUT2D eigenvalue weighted by Gasteiger charge is 2.39. The van der Waals surface area contributed by atoms with Crippen LogP contribution >= 0.6 is 0 Å². The number of carbonyl (C=O) groups is 1. The second-order valence-electron chi connectivity index (χ2n) is 5.06. The number of hydrogen-bond donors (Lipinski definition) is 0. The van der Waals surface area contributed by atoms with Gasteiger partial charge < -0.3 is 4.74 Å². The summed E-state index contributed by atoms with van der Waals surface area (Å²) in [5.41, 5.74) is -0.748. The first-order chi connectivity index (χ1) is 6.96. The van der Waals surface area contributed by atoms with Crippen molar-refractivity contribution in [3.63, 3.8) is 0 Å². The molecule has 1 fully saturated rings. The van der Waals surface area contributed by atoms with Gasteiger partial charge in [0.2, 0.25) is 0 Å². The fourth-order valence-electron chi connectivity index (χ4n) is 1.96. The summed E-state index contributed by atoms with van der Waals surface area (Å²) in [7, 11) is 0. The first-order valence-electron chi connectivity index (χ1n) is 5.83. The molecule has 0 unspecified atom stereocenters. The summed E-state index contributed by atoms with van der Waals surface area (Å²) in [5.74, 6) is -0.138. The molecule has 0 N–H and O–H groups in total. The van der Waals surface area contributed by atoms with Gasteiger partial charge in [-0.05, 0) is 46.0 Å². The largest absolute Gasteiger partial charge is 0.458 e. The van der Waals surface area contributed by atoms with E-state index in [9.17, 15) is 4.79 Å². The molecule has 0 heterocycles. The Balaban J connectivity index is 2.67. The van der Waals surface area contributed by atoms with Crippen molar-refractivity contribution >= 4 is 5.97 Å². The van der Waals surface area contributed by atoms with E-state index >= 15 is 0 Å². The first-order valence-corrected chi connectivity index (χ1v) is 5.83. The Morgan fingerprint density at radius 1 is 1.47 bits per heavy atom. The molecule has 2 nitrogen and oxygen atoms in total. The van der Waals surface area contributed by atoms with E-state index in [1.807, 2.05) is 13.8 Å². The lowest BCUT2D eigenvalue weighted by Crippen LogP contribution is -2.36. The molecule has 2 heteroatoms. The third-order valence-corrected chi connectivity index (χ3v) is 3.50. The van der Waals surface area contributed by atoms with Crippen LogP contribution in [0, 0.1) is 5.41 Å². The number of rotatable bonds is 4. The van der Waals surface area contributed by atoms with Crippen LogP contribution in [0.1, 0.15) is 52.9 Å². The van der Waals surface area contributed by atoms with Crippen LogP contribution in [0.15, 0.2) is 12.7 Å². The summed E-state index contributed by atoms with van der Waals surface area (Å²) in [4.78, 5) is 11.9. The topological polar surface area (TPSA) is 26.3 Å². The molecule has 0 radical (unpaired) electrons.